The summed E-state index contributed by atoms with van der Waals surface area (Å²) in [6, 6.07) is 20.1. The van der Waals surface area contributed by atoms with Gasteiger partial charge in [0.25, 0.3) is 0 Å². The fourth-order valence-electron chi connectivity index (χ4n) is 2.76. The molecule has 0 spiro atoms. The maximum Gasteiger partial charge on any atom is 0.00103 e. The first-order valence-corrected chi connectivity index (χ1v) is 8.06. The van der Waals surface area contributed by atoms with E-state index < -0.39 is 0 Å². The Bertz CT molecular complexity index is 531. The molecule has 1 nitrogen and oxygen atoms in total. The van der Waals surface area contributed by atoms with Crippen LogP contribution in [-0.4, -0.2) is 12.6 Å². The summed E-state index contributed by atoms with van der Waals surface area (Å²) in [6.45, 7) is 7.86. The molecule has 2 rings (SSSR count). The molecule has 2 aromatic rings. The molecule has 0 aliphatic heterocycles. The van der Waals surface area contributed by atoms with Gasteiger partial charge in [-0.05, 0) is 42.0 Å². The van der Waals surface area contributed by atoms with E-state index in [9.17, 15) is 0 Å². The molecule has 0 bridgehead atoms. The largest absolute Gasteiger partial charge is 0.315 e. The molecule has 112 valence electrons. The van der Waals surface area contributed by atoms with Crippen molar-refractivity contribution in [3.63, 3.8) is 0 Å². The first-order chi connectivity index (χ1) is 10.2. The number of hydrogen-bond donors (Lipinski definition) is 1. The lowest BCUT2D eigenvalue weighted by molar-refractivity contribution is 0.536. The minimum atomic E-state index is 0.580. The van der Waals surface area contributed by atoms with Crippen molar-refractivity contribution in [1.29, 1.82) is 0 Å². The van der Waals surface area contributed by atoms with Crippen LogP contribution in [0.25, 0.3) is 11.1 Å². The van der Waals surface area contributed by atoms with Crippen molar-refractivity contribution in [2.75, 3.05) is 6.54 Å². The van der Waals surface area contributed by atoms with Crippen molar-refractivity contribution in [3.05, 3.63) is 60.2 Å². The van der Waals surface area contributed by atoms with E-state index >= 15 is 0 Å². The molecule has 0 saturated carbocycles. The van der Waals surface area contributed by atoms with Crippen molar-refractivity contribution < 1.29 is 0 Å². The standard InChI is InChI=1S/C20H27N/c1-16(2)21-15-9-10-17(3)19-13-7-8-14-20(19)18-11-5-4-6-12-18/h4-8,11-14,16-17,21H,9-10,15H2,1-3H3. The monoisotopic (exact) mass is 281 g/mol. The van der Waals surface area contributed by atoms with E-state index in [-0.39, 0.29) is 0 Å². The average Bonchev–Trinajstić information content (AvgIpc) is 2.52. The third-order valence-corrected chi connectivity index (χ3v) is 3.94. The van der Waals surface area contributed by atoms with Gasteiger partial charge in [0.2, 0.25) is 0 Å². The van der Waals surface area contributed by atoms with E-state index in [1.54, 1.807) is 0 Å². The van der Waals surface area contributed by atoms with Gasteiger partial charge in [-0.15, -0.1) is 0 Å². The predicted molar refractivity (Wildman–Crippen MR) is 92.7 cm³/mol. The Morgan fingerprint density at radius 3 is 2.24 bits per heavy atom. The molecule has 1 N–H and O–H groups in total. The van der Waals surface area contributed by atoms with Gasteiger partial charge in [-0.3, -0.25) is 0 Å². The van der Waals surface area contributed by atoms with E-state index in [0.717, 1.165) is 6.54 Å². The molecule has 0 heterocycles. The van der Waals surface area contributed by atoms with Crippen molar-refractivity contribution in [3.8, 4) is 11.1 Å². The van der Waals surface area contributed by atoms with Crippen LogP contribution >= 0.6 is 0 Å². The van der Waals surface area contributed by atoms with Gasteiger partial charge in [0.1, 0.15) is 0 Å². The van der Waals surface area contributed by atoms with Crippen LogP contribution in [0.15, 0.2) is 54.6 Å². The molecule has 0 amide bonds. The maximum atomic E-state index is 3.50. The highest BCUT2D eigenvalue weighted by Gasteiger charge is 2.11. The molecular formula is C20H27N. The van der Waals surface area contributed by atoms with Gasteiger partial charge in [-0.25, -0.2) is 0 Å². The van der Waals surface area contributed by atoms with Crippen molar-refractivity contribution in [2.45, 2.75) is 45.6 Å². The minimum Gasteiger partial charge on any atom is -0.315 e. The highest BCUT2D eigenvalue weighted by atomic mass is 14.9. The Labute approximate surface area is 129 Å². The van der Waals surface area contributed by atoms with Gasteiger partial charge in [0.15, 0.2) is 0 Å². The fourth-order valence-corrected chi connectivity index (χ4v) is 2.76. The Balaban J connectivity index is 2.06. The normalized spacial score (nSPS) is 12.6. The van der Waals surface area contributed by atoms with Crippen LogP contribution in [0.1, 0.15) is 45.1 Å². The zero-order chi connectivity index (χ0) is 15.1. The number of hydrogen-bond acceptors (Lipinski definition) is 1. The SMILES string of the molecule is CC(C)NCCCC(C)c1ccccc1-c1ccccc1. The molecule has 0 saturated heterocycles. The van der Waals surface area contributed by atoms with Crippen LogP contribution in [0.3, 0.4) is 0 Å². The first kappa shape index (κ1) is 15.8. The number of nitrogens with one attached hydrogen (secondary N) is 1. The summed E-state index contributed by atoms with van der Waals surface area (Å²) in [5.74, 6) is 0.593. The summed E-state index contributed by atoms with van der Waals surface area (Å²) in [5, 5.41) is 3.50. The van der Waals surface area contributed by atoms with E-state index in [2.05, 4.69) is 80.7 Å². The lowest BCUT2D eigenvalue weighted by Gasteiger charge is -2.17. The van der Waals surface area contributed by atoms with Crippen molar-refractivity contribution in [1.82, 2.24) is 5.32 Å². The van der Waals surface area contributed by atoms with E-state index in [1.165, 1.54) is 29.5 Å². The van der Waals surface area contributed by atoms with Crippen molar-refractivity contribution in [2.24, 2.45) is 0 Å². The number of rotatable bonds is 7. The summed E-state index contributed by atoms with van der Waals surface area (Å²) >= 11 is 0. The molecule has 0 aromatic heterocycles. The van der Waals surface area contributed by atoms with Crippen LogP contribution < -0.4 is 5.32 Å². The van der Waals surface area contributed by atoms with Crippen LogP contribution in [0.2, 0.25) is 0 Å². The lowest BCUT2D eigenvalue weighted by atomic mass is 9.89. The highest BCUT2D eigenvalue weighted by molar-refractivity contribution is 5.67. The quantitative estimate of drug-likeness (QED) is 0.685. The van der Waals surface area contributed by atoms with Crippen molar-refractivity contribution >= 4 is 0 Å². The Morgan fingerprint density at radius 2 is 1.52 bits per heavy atom. The summed E-state index contributed by atoms with van der Waals surface area (Å²) in [6.07, 6.45) is 2.45. The number of benzene rings is 2. The summed E-state index contributed by atoms with van der Waals surface area (Å²) in [7, 11) is 0. The average molecular weight is 281 g/mol. The van der Waals surface area contributed by atoms with E-state index in [4.69, 9.17) is 0 Å². The molecule has 2 aromatic carbocycles. The minimum absolute atomic E-state index is 0.580. The summed E-state index contributed by atoms with van der Waals surface area (Å²) in [5.41, 5.74) is 4.16. The molecule has 0 aliphatic carbocycles. The van der Waals surface area contributed by atoms with Crippen LogP contribution in [0.5, 0.6) is 0 Å². The van der Waals surface area contributed by atoms with Gasteiger partial charge >= 0.3 is 0 Å². The van der Waals surface area contributed by atoms with Gasteiger partial charge < -0.3 is 5.32 Å². The van der Waals surface area contributed by atoms with Gasteiger partial charge in [0, 0.05) is 6.04 Å². The third kappa shape index (κ3) is 4.71. The van der Waals surface area contributed by atoms with Gasteiger partial charge in [-0.1, -0.05) is 75.4 Å². The Morgan fingerprint density at radius 1 is 0.857 bits per heavy atom. The molecule has 1 heteroatoms. The predicted octanol–water partition coefficient (Wildman–Crippen LogP) is 5.24. The molecular weight excluding hydrogens is 254 g/mol. The van der Waals surface area contributed by atoms with E-state index in [0.29, 0.717) is 12.0 Å². The molecule has 21 heavy (non-hydrogen) atoms. The molecule has 0 fully saturated rings. The molecule has 0 aliphatic rings. The van der Waals surface area contributed by atoms with E-state index in [1.807, 2.05) is 0 Å². The zero-order valence-electron chi connectivity index (χ0n) is 13.5. The third-order valence-electron chi connectivity index (χ3n) is 3.94. The Hall–Kier alpha value is -1.60. The fraction of sp³-hybridized carbons (Fsp3) is 0.400. The summed E-state index contributed by atoms with van der Waals surface area (Å²) in [4.78, 5) is 0. The van der Waals surface area contributed by atoms with Crippen LogP contribution in [0, 0.1) is 0 Å². The van der Waals surface area contributed by atoms with Gasteiger partial charge in [0.05, 0.1) is 0 Å². The first-order valence-electron chi connectivity index (χ1n) is 8.06. The maximum absolute atomic E-state index is 3.50. The second-order valence-electron chi connectivity index (χ2n) is 6.11. The smallest absolute Gasteiger partial charge is 0.00103 e. The second kappa shape index (κ2) is 7.99. The van der Waals surface area contributed by atoms with Crippen LogP contribution in [-0.2, 0) is 0 Å². The topological polar surface area (TPSA) is 12.0 Å². The lowest BCUT2D eigenvalue weighted by Crippen LogP contribution is -2.23. The highest BCUT2D eigenvalue weighted by Crippen LogP contribution is 2.31. The summed E-state index contributed by atoms with van der Waals surface area (Å²) < 4.78 is 0. The zero-order valence-corrected chi connectivity index (χ0v) is 13.5. The van der Waals surface area contributed by atoms with Crippen LogP contribution in [0.4, 0.5) is 0 Å². The molecule has 1 atom stereocenters. The second-order valence-corrected chi connectivity index (χ2v) is 6.11. The van der Waals surface area contributed by atoms with Gasteiger partial charge in [-0.2, -0.15) is 0 Å². The Kier molecular flexibility index (Phi) is 6.01. The molecule has 0 radical (unpaired) electrons. The molecule has 1 unspecified atom stereocenters.